The molecule has 0 saturated heterocycles. The van der Waals surface area contributed by atoms with Crippen LogP contribution in [0.1, 0.15) is 35.9 Å². The van der Waals surface area contributed by atoms with Crippen LogP contribution in [0, 0.1) is 13.8 Å². The van der Waals surface area contributed by atoms with Gasteiger partial charge in [0.15, 0.2) is 5.16 Å². The van der Waals surface area contributed by atoms with E-state index in [2.05, 4.69) is 27.6 Å². The number of carbonyl (C=O) groups excluding carboxylic acids is 1. The van der Waals surface area contributed by atoms with Crippen molar-refractivity contribution in [3.05, 3.63) is 65.4 Å². The molecule has 1 unspecified atom stereocenters. The van der Waals surface area contributed by atoms with Gasteiger partial charge in [-0.3, -0.25) is 4.79 Å². The Morgan fingerprint density at radius 2 is 1.96 bits per heavy atom. The Morgan fingerprint density at radius 1 is 1.19 bits per heavy atom. The number of hydrogen-bond donors (Lipinski definition) is 1. The smallest absolute Gasteiger partial charge is 0.231 e. The second-order valence-corrected chi connectivity index (χ2v) is 7.07. The molecule has 0 spiro atoms. The first kappa shape index (κ1) is 18.3. The molecule has 0 aliphatic rings. The second-order valence-electron chi connectivity index (χ2n) is 6.13. The van der Waals surface area contributed by atoms with Gasteiger partial charge in [-0.1, -0.05) is 42.1 Å². The van der Waals surface area contributed by atoms with E-state index in [0.717, 1.165) is 22.5 Å². The number of aromatic nitrogens is 3. The zero-order chi connectivity index (χ0) is 18.5. The van der Waals surface area contributed by atoms with Crippen LogP contribution in [0.25, 0.3) is 0 Å². The highest BCUT2D eigenvalue weighted by Crippen LogP contribution is 2.20. The summed E-state index contributed by atoms with van der Waals surface area (Å²) in [6, 6.07) is 13.7. The Bertz CT molecular complexity index is 873. The van der Waals surface area contributed by atoms with Gasteiger partial charge in [0.25, 0.3) is 0 Å². The lowest BCUT2D eigenvalue weighted by Crippen LogP contribution is -2.28. The van der Waals surface area contributed by atoms with Gasteiger partial charge < -0.3 is 14.3 Å². The fraction of sp³-hybridized carbons (Fsp3) is 0.316. The minimum Gasteiger partial charge on any atom is -0.464 e. The largest absolute Gasteiger partial charge is 0.464 e. The van der Waals surface area contributed by atoms with Crippen LogP contribution >= 0.6 is 11.8 Å². The molecule has 0 aliphatic carbocycles. The summed E-state index contributed by atoms with van der Waals surface area (Å²) in [5.74, 6) is 2.63. The molecule has 0 radical (unpaired) electrons. The van der Waals surface area contributed by atoms with E-state index in [-0.39, 0.29) is 17.7 Å². The van der Waals surface area contributed by atoms with Crippen LogP contribution in [0.4, 0.5) is 0 Å². The van der Waals surface area contributed by atoms with Crippen LogP contribution in [0.5, 0.6) is 0 Å². The molecule has 7 heteroatoms. The summed E-state index contributed by atoms with van der Waals surface area (Å²) in [4.78, 5) is 12.3. The predicted molar refractivity (Wildman–Crippen MR) is 101 cm³/mol. The molecule has 0 saturated carbocycles. The number of amides is 1. The van der Waals surface area contributed by atoms with E-state index in [9.17, 15) is 4.79 Å². The van der Waals surface area contributed by atoms with Gasteiger partial charge in [-0.2, -0.15) is 0 Å². The van der Waals surface area contributed by atoms with E-state index in [4.69, 9.17) is 4.42 Å². The molecule has 136 valence electrons. The highest BCUT2D eigenvalue weighted by molar-refractivity contribution is 7.99. The minimum absolute atomic E-state index is 0.0662. The first-order chi connectivity index (χ1) is 12.5. The van der Waals surface area contributed by atoms with Gasteiger partial charge in [0, 0.05) is 0 Å². The van der Waals surface area contributed by atoms with Crippen LogP contribution < -0.4 is 5.32 Å². The van der Waals surface area contributed by atoms with E-state index < -0.39 is 0 Å². The van der Waals surface area contributed by atoms with Crippen LogP contribution in [-0.2, 0) is 11.3 Å². The van der Waals surface area contributed by atoms with Crippen molar-refractivity contribution in [2.24, 2.45) is 0 Å². The Morgan fingerprint density at radius 3 is 2.65 bits per heavy atom. The van der Waals surface area contributed by atoms with Gasteiger partial charge in [0.05, 0.1) is 18.3 Å². The Labute approximate surface area is 157 Å². The van der Waals surface area contributed by atoms with Gasteiger partial charge in [-0.05, 0) is 38.5 Å². The number of carbonyl (C=O) groups is 1. The molecule has 0 aliphatic heterocycles. The number of aryl methyl sites for hydroxylation is 2. The van der Waals surface area contributed by atoms with Gasteiger partial charge in [0.1, 0.15) is 17.3 Å². The van der Waals surface area contributed by atoms with E-state index in [0.29, 0.717) is 6.54 Å². The molecular weight excluding hydrogens is 348 g/mol. The summed E-state index contributed by atoms with van der Waals surface area (Å²) >= 11 is 1.38. The van der Waals surface area contributed by atoms with Crippen LogP contribution in [0.15, 0.2) is 52.0 Å². The molecule has 2 heterocycles. The maximum atomic E-state index is 12.3. The van der Waals surface area contributed by atoms with Gasteiger partial charge in [-0.25, -0.2) is 0 Å². The highest BCUT2D eigenvalue weighted by atomic mass is 32.2. The minimum atomic E-state index is -0.166. The molecule has 26 heavy (non-hydrogen) atoms. The zero-order valence-corrected chi connectivity index (χ0v) is 15.9. The lowest BCUT2D eigenvalue weighted by Gasteiger charge is -2.12. The first-order valence-electron chi connectivity index (χ1n) is 8.45. The summed E-state index contributed by atoms with van der Waals surface area (Å²) in [6.45, 7) is 6.39. The maximum absolute atomic E-state index is 12.3. The number of nitrogens with zero attached hydrogens (tertiary/aromatic N) is 3. The molecular formula is C19H22N4O2S. The SMILES string of the molecule is Cc1ccc(C(C)NC(=O)CSc2nnc(C)n2Cc2ccccc2)o1. The standard InChI is InChI=1S/C19H22N4O2S/c1-13-9-10-17(25-13)14(2)20-18(24)12-26-19-22-21-15(3)23(19)11-16-7-5-4-6-8-16/h4-10,14H,11-12H2,1-3H3,(H,20,24). The summed E-state index contributed by atoms with van der Waals surface area (Å²) in [6.07, 6.45) is 0. The second kappa shape index (κ2) is 8.23. The lowest BCUT2D eigenvalue weighted by molar-refractivity contribution is -0.119. The van der Waals surface area contributed by atoms with Crippen molar-refractivity contribution in [2.75, 3.05) is 5.75 Å². The van der Waals surface area contributed by atoms with Crippen molar-refractivity contribution in [3.8, 4) is 0 Å². The molecule has 1 N–H and O–H groups in total. The fourth-order valence-corrected chi connectivity index (χ4v) is 3.38. The van der Waals surface area contributed by atoms with Crippen molar-refractivity contribution < 1.29 is 9.21 Å². The third kappa shape index (κ3) is 4.54. The molecule has 6 nitrogen and oxygen atoms in total. The van der Waals surface area contributed by atoms with Gasteiger partial charge in [0.2, 0.25) is 5.91 Å². The van der Waals surface area contributed by atoms with E-state index in [1.165, 1.54) is 17.3 Å². The van der Waals surface area contributed by atoms with Crippen LogP contribution in [0.2, 0.25) is 0 Å². The average molecular weight is 370 g/mol. The fourth-order valence-electron chi connectivity index (χ4n) is 2.59. The Balaban J connectivity index is 1.58. The van der Waals surface area contributed by atoms with Crippen LogP contribution in [-0.4, -0.2) is 26.4 Å². The molecule has 2 aromatic heterocycles. The van der Waals surface area contributed by atoms with Gasteiger partial charge >= 0.3 is 0 Å². The van der Waals surface area contributed by atoms with E-state index in [1.54, 1.807) is 0 Å². The summed E-state index contributed by atoms with van der Waals surface area (Å²) in [5, 5.41) is 12.0. The molecule has 0 fully saturated rings. The number of thioether (sulfide) groups is 1. The Kier molecular flexibility index (Phi) is 5.78. The topological polar surface area (TPSA) is 73.0 Å². The number of furan rings is 1. The molecule has 3 aromatic rings. The summed E-state index contributed by atoms with van der Waals surface area (Å²) in [5.41, 5.74) is 1.17. The zero-order valence-electron chi connectivity index (χ0n) is 15.1. The number of rotatable bonds is 7. The predicted octanol–water partition coefficient (Wildman–Crippen LogP) is 3.51. The quantitative estimate of drug-likeness (QED) is 0.644. The summed E-state index contributed by atoms with van der Waals surface area (Å²) in [7, 11) is 0. The van der Waals surface area contributed by atoms with Crippen molar-refractivity contribution in [2.45, 2.75) is 38.5 Å². The Hall–Kier alpha value is -2.54. The van der Waals surface area contributed by atoms with Crippen molar-refractivity contribution in [1.82, 2.24) is 20.1 Å². The van der Waals surface area contributed by atoms with Crippen LogP contribution in [0.3, 0.4) is 0 Å². The monoisotopic (exact) mass is 370 g/mol. The van der Waals surface area contributed by atoms with Crippen molar-refractivity contribution >= 4 is 17.7 Å². The molecule has 1 amide bonds. The van der Waals surface area contributed by atoms with Crippen molar-refractivity contribution in [1.29, 1.82) is 0 Å². The molecule has 1 aromatic carbocycles. The first-order valence-corrected chi connectivity index (χ1v) is 9.43. The lowest BCUT2D eigenvalue weighted by atomic mass is 10.2. The average Bonchev–Trinajstić information content (AvgIpc) is 3.21. The maximum Gasteiger partial charge on any atom is 0.231 e. The van der Waals surface area contributed by atoms with E-state index >= 15 is 0 Å². The number of benzene rings is 1. The summed E-state index contributed by atoms with van der Waals surface area (Å²) < 4.78 is 7.57. The molecule has 3 rings (SSSR count). The normalized spacial score (nSPS) is 12.1. The number of nitrogens with one attached hydrogen (secondary N) is 1. The van der Waals surface area contributed by atoms with Crippen molar-refractivity contribution in [3.63, 3.8) is 0 Å². The third-order valence-corrected chi connectivity index (χ3v) is 4.95. The number of hydrogen-bond acceptors (Lipinski definition) is 5. The molecule has 0 bridgehead atoms. The highest BCUT2D eigenvalue weighted by Gasteiger charge is 2.15. The van der Waals surface area contributed by atoms with Gasteiger partial charge in [-0.15, -0.1) is 10.2 Å². The molecule has 1 atom stereocenters. The third-order valence-electron chi connectivity index (χ3n) is 3.98. The van der Waals surface area contributed by atoms with E-state index in [1.807, 2.05) is 55.7 Å².